The molecule has 2 aliphatic rings. The lowest BCUT2D eigenvalue weighted by Crippen LogP contribution is -2.25. The van der Waals surface area contributed by atoms with Gasteiger partial charge in [0.25, 0.3) is 0 Å². The van der Waals surface area contributed by atoms with Crippen LogP contribution in [0.2, 0.25) is 0 Å². The Balaban J connectivity index is 1.86. The van der Waals surface area contributed by atoms with E-state index in [2.05, 4.69) is 0 Å². The maximum absolute atomic E-state index is 10.9. The van der Waals surface area contributed by atoms with E-state index < -0.39 is 24.4 Å². The van der Waals surface area contributed by atoms with Gasteiger partial charge in [-0.25, -0.2) is 0 Å². The molecule has 0 aromatic carbocycles. The molecule has 35 heavy (non-hydrogen) atoms. The van der Waals surface area contributed by atoms with Crippen molar-refractivity contribution in [1.29, 1.82) is 0 Å². The monoisotopic (exact) mass is 492 g/mol. The summed E-state index contributed by atoms with van der Waals surface area (Å²) in [5.74, 6) is 0. The van der Waals surface area contributed by atoms with Gasteiger partial charge in [-0.2, -0.15) is 0 Å². The molecule has 0 saturated heterocycles. The zero-order valence-corrected chi connectivity index (χ0v) is 22.3. The topological polar surface area (TPSA) is 110 Å². The van der Waals surface area contributed by atoms with Crippen LogP contribution in [0.25, 0.3) is 0 Å². The Kier molecular flexibility index (Phi) is 11.4. The second-order valence-electron chi connectivity index (χ2n) is 11.6. The van der Waals surface area contributed by atoms with Crippen molar-refractivity contribution >= 4 is 0 Å². The molecule has 0 fully saturated rings. The highest BCUT2D eigenvalue weighted by Gasteiger charge is 2.26. The second kappa shape index (κ2) is 13.3. The highest BCUT2D eigenvalue weighted by Crippen LogP contribution is 2.32. The first-order chi connectivity index (χ1) is 16.4. The Morgan fingerprint density at radius 2 is 1.03 bits per heavy atom. The molecule has 6 heteroatoms. The van der Waals surface area contributed by atoms with E-state index in [1.54, 1.807) is 31.4 Å². The van der Waals surface area contributed by atoms with Gasteiger partial charge in [0.15, 0.2) is 0 Å². The average molecular weight is 493 g/mol. The molecule has 2 aliphatic carbocycles. The third-order valence-corrected chi connectivity index (χ3v) is 7.42. The Labute approximate surface area is 211 Å². The first-order valence-electron chi connectivity index (χ1n) is 13.1. The minimum Gasteiger partial charge on any atom is -0.396 e. The van der Waals surface area contributed by atoms with Gasteiger partial charge in [-0.15, -0.1) is 0 Å². The highest BCUT2D eigenvalue weighted by molar-refractivity contribution is 5.34. The van der Waals surface area contributed by atoms with Crippen LogP contribution in [0.5, 0.6) is 0 Å². The predicted octanol–water partition coefficient (Wildman–Crippen LogP) is 4.12. The van der Waals surface area contributed by atoms with Crippen molar-refractivity contribution < 1.29 is 30.3 Å². The maximum atomic E-state index is 10.9. The van der Waals surface area contributed by atoms with Gasteiger partial charge in [-0.05, 0) is 99.3 Å². The normalized spacial score (nSPS) is 25.7. The molecular weight excluding hydrogens is 444 g/mol. The molecule has 0 saturated carbocycles. The number of ether oxygens (including phenoxy) is 1. The summed E-state index contributed by atoms with van der Waals surface area (Å²) in [5, 5.41) is 51.8. The zero-order chi connectivity index (χ0) is 26.2. The SMILES string of the molecule is COC(C)(C)CCCC1=CC(O)C=C(CCCC2=CC(O)C=C(CCCC(C)(C)CO)C2O)C1O. The molecule has 200 valence electrons. The second-order valence-corrected chi connectivity index (χ2v) is 11.6. The molecule has 6 nitrogen and oxygen atoms in total. The van der Waals surface area contributed by atoms with Gasteiger partial charge in [0.2, 0.25) is 0 Å². The van der Waals surface area contributed by atoms with Gasteiger partial charge in [0.1, 0.15) is 0 Å². The van der Waals surface area contributed by atoms with Crippen LogP contribution in [0, 0.1) is 5.41 Å². The molecule has 0 aromatic rings. The summed E-state index contributed by atoms with van der Waals surface area (Å²) in [6, 6.07) is 0. The van der Waals surface area contributed by atoms with E-state index in [-0.39, 0.29) is 17.6 Å². The fraction of sp³-hybridized carbons (Fsp3) is 0.724. The third kappa shape index (κ3) is 9.60. The summed E-state index contributed by atoms with van der Waals surface area (Å²) in [6.45, 7) is 8.25. The molecular formula is C29H48O6. The smallest absolute Gasteiger partial charge is 0.0963 e. The van der Waals surface area contributed by atoms with Gasteiger partial charge < -0.3 is 30.3 Å². The van der Waals surface area contributed by atoms with E-state index in [1.165, 1.54) is 0 Å². The van der Waals surface area contributed by atoms with E-state index in [9.17, 15) is 25.5 Å². The standard InChI is InChI=1S/C29H48O6/c1-28(2,19-30)13-7-11-22-17-24(31)15-20(26(22)33)9-6-10-21-16-25(32)18-23(27(21)34)12-8-14-29(3,4)35-5/h15-18,24-27,30-34H,6-14,19H2,1-5H3. The van der Waals surface area contributed by atoms with Gasteiger partial charge in [-0.1, -0.05) is 38.2 Å². The summed E-state index contributed by atoms with van der Waals surface area (Å²) >= 11 is 0. The summed E-state index contributed by atoms with van der Waals surface area (Å²) in [7, 11) is 1.70. The number of aliphatic hydroxyl groups is 5. The summed E-state index contributed by atoms with van der Waals surface area (Å²) in [6.07, 6.45) is 10.9. The predicted molar refractivity (Wildman–Crippen MR) is 140 cm³/mol. The van der Waals surface area contributed by atoms with Crippen molar-refractivity contribution in [2.24, 2.45) is 5.41 Å². The molecule has 4 atom stereocenters. The number of aliphatic hydroxyl groups excluding tert-OH is 5. The summed E-state index contributed by atoms with van der Waals surface area (Å²) in [5.41, 5.74) is 2.95. The maximum Gasteiger partial charge on any atom is 0.0963 e. The van der Waals surface area contributed by atoms with Crippen LogP contribution in [-0.2, 0) is 4.74 Å². The Morgan fingerprint density at radius 1 is 0.657 bits per heavy atom. The summed E-state index contributed by atoms with van der Waals surface area (Å²) in [4.78, 5) is 0. The Morgan fingerprint density at radius 3 is 1.40 bits per heavy atom. The molecule has 2 rings (SSSR count). The van der Waals surface area contributed by atoms with E-state index in [0.717, 1.165) is 48.0 Å². The molecule has 0 aromatic heterocycles. The lowest BCUT2D eigenvalue weighted by atomic mass is 9.83. The lowest BCUT2D eigenvalue weighted by molar-refractivity contribution is 0.0137. The minimum absolute atomic E-state index is 0.126. The molecule has 4 unspecified atom stereocenters. The van der Waals surface area contributed by atoms with Crippen molar-refractivity contribution in [3.05, 3.63) is 46.6 Å². The molecule has 0 radical (unpaired) electrons. The van der Waals surface area contributed by atoms with Gasteiger partial charge in [0.05, 0.1) is 30.0 Å². The van der Waals surface area contributed by atoms with E-state index in [4.69, 9.17) is 4.74 Å². The number of hydrogen-bond acceptors (Lipinski definition) is 6. The van der Waals surface area contributed by atoms with Gasteiger partial charge >= 0.3 is 0 Å². The van der Waals surface area contributed by atoms with Crippen LogP contribution >= 0.6 is 0 Å². The summed E-state index contributed by atoms with van der Waals surface area (Å²) < 4.78 is 5.47. The van der Waals surface area contributed by atoms with Crippen molar-refractivity contribution in [2.45, 2.75) is 115 Å². The number of methoxy groups -OCH3 is 1. The third-order valence-electron chi connectivity index (χ3n) is 7.42. The molecule has 0 amide bonds. The first kappa shape index (κ1) is 29.9. The van der Waals surface area contributed by atoms with Gasteiger partial charge in [0, 0.05) is 13.7 Å². The number of hydrogen-bond donors (Lipinski definition) is 5. The quantitative estimate of drug-likeness (QED) is 0.233. The fourth-order valence-corrected chi connectivity index (χ4v) is 4.86. The molecule has 5 N–H and O–H groups in total. The Hall–Kier alpha value is -1.28. The minimum atomic E-state index is -0.707. The first-order valence-corrected chi connectivity index (χ1v) is 13.1. The lowest BCUT2D eigenvalue weighted by Gasteiger charge is -2.28. The molecule has 0 heterocycles. The Bertz CT molecular complexity index is 738. The van der Waals surface area contributed by atoms with Crippen LogP contribution in [-0.4, -0.2) is 69.3 Å². The fourth-order valence-electron chi connectivity index (χ4n) is 4.86. The van der Waals surface area contributed by atoms with Crippen molar-refractivity contribution in [1.82, 2.24) is 0 Å². The van der Waals surface area contributed by atoms with Crippen molar-refractivity contribution in [3.8, 4) is 0 Å². The van der Waals surface area contributed by atoms with Gasteiger partial charge in [-0.3, -0.25) is 0 Å². The molecule has 0 bridgehead atoms. The van der Waals surface area contributed by atoms with Crippen molar-refractivity contribution in [3.63, 3.8) is 0 Å². The largest absolute Gasteiger partial charge is 0.396 e. The van der Waals surface area contributed by atoms with Crippen LogP contribution < -0.4 is 0 Å². The van der Waals surface area contributed by atoms with E-state index in [0.29, 0.717) is 32.1 Å². The number of rotatable bonds is 14. The average Bonchev–Trinajstić information content (AvgIpc) is 2.79. The van der Waals surface area contributed by atoms with Crippen LogP contribution in [0.3, 0.4) is 0 Å². The zero-order valence-electron chi connectivity index (χ0n) is 22.3. The van der Waals surface area contributed by atoms with Crippen LogP contribution in [0.15, 0.2) is 46.6 Å². The van der Waals surface area contributed by atoms with E-state index >= 15 is 0 Å². The molecule has 0 spiro atoms. The van der Waals surface area contributed by atoms with Crippen molar-refractivity contribution in [2.75, 3.05) is 13.7 Å². The highest BCUT2D eigenvalue weighted by atomic mass is 16.5. The van der Waals surface area contributed by atoms with Crippen LogP contribution in [0.4, 0.5) is 0 Å². The van der Waals surface area contributed by atoms with E-state index in [1.807, 2.05) is 27.7 Å². The van der Waals surface area contributed by atoms with Crippen LogP contribution in [0.1, 0.15) is 85.5 Å². The molecule has 0 aliphatic heterocycles.